The maximum absolute atomic E-state index is 12.3. The van der Waals surface area contributed by atoms with E-state index in [1.807, 2.05) is 0 Å². The van der Waals surface area contributed by atoms with Crippen LogP contribution in [0.1, 0.15) is 26.3 Å². The van der Waals surface area contributed by atoms with Gasteiger partial charge in [0.05, 0.1) is 11.9 Å². The number of nitrogens with one attached hydrogen (secondary N) is 2. The van der Waals surface area contributed by atoms with Gasteiger partial charge in [0.25, 0.3) is 5.91 Å². The van der Waals surface area contributed by atoms with Crippen LogP contribution in [-0.4, -0.2) is 26.5 Å². The zero-order chi connectivity index (χ0) is 17.9. The highest BCUT2D eigenvalue weighted by Gasteiger charge is 2.11. The summed E-state index contributed by atoms with van der Waals surface area (Å²) in [6, 6.07) is 10.9. The van der Waals surface area contributed by atoms with Gasteiger partial charge in [0, 0.05) is 16.8 Å². The van der Waals surface area contributed by atoms with Crippen LogP contribution in [0.4, 0.5) is 11.4 Å². The molecule has 0 aliphatic heterocycles. The topological polar surface area (TPSA) is 118 Å². The number of hydrogen-bond acceptors (Lipinski definition) is 4. The molecule has 8 heteroatoms. The van der Waals surface area contributed by atoms with E-state index in [9.17, 15) is 18.0 Å². The van der Waals surface area contributed by atoms with Gasteiger partial charge in [0.15, 0.2) is 0 Å². The lowest BCUT2D eigenvalue weighted by atomic mass is 10.1. The number of nitrogens with two attached hydrogens (primary N) is 1. The van der Waals surface area contributed by atoms with Gasteiger partial charge < -0.3 is 11.1 Å². The van der Waals surface area contributed by atoms with Crippen molar-refractivity contribution in [2.45, 2.75) is 6.92 Å². The van der Waals surface area contributed by atoms with E-state index in [2.05, 4.69) is 10.0 Å². The summed E-state index contributed by atoms with van der Waals surface area (Å²) in [6.45, 7) is 1.73. The molecule has 0 aliphatic rings. The maximum Gasteiger partial charge on any atom is 0.255 e. The molecule has 0 unspecified atom stereocenters. The van der Waals surface area contributed by atoms with Gasteiger partial charge in [-0.25, -0.2) is 8.42 Å². The largest absolute Gasteiger partial charge is 0.366 e. The first-order chi connectivity index (χ1) is 11.2. The first kappa shape index (κ1) is 17.5. The highest BCUT2D eigenvalue weighted by atomic mass is 32.2. The number of carbonyl (C=O) groups is 2. The van der Waals surface area contributed by atoms with Crippen LogP contribution in [0.15, 0.2) is 42.5 Å². The Bertz CT molecular complexity index is 907. The van der Waals surface area contributed by atoms with Crippen molar-refractivity contribution >= 4 is 33.2 Å². The number of anilines is 2. The summed E-state index contributed by atoms with van der Waals surface area (Å²) in [5.74, 6) is -1.03. The number of benzene rings is 2. The molecule has 2 rings (SSSR count). The minimum atomic E-state index is -3.45. The van der Waals surface area contributed by atoms with Crippen LogP contribution >= 0.6 is 0 Å². The molecule has 7 nitrogen and oxygen atoms in total. The highest BCUT2D eigenvalue weighted by molar-refractivity contribution is 7.92. The summed E-state index contributed by atoms with van der Waals surface area (Å²) >= 11 is 0. The van der Waals surface area contributed by atoms with E-state index < -0.39 is 21.8 Å². The Morgan fingerprint density at radius 2 is 1.75 bits per heavy atom. The van der Waals surface area contributed by atoms with Crippen molar-refractivity contribution in [2.75, 3.05) is 16.3 Å². The number of rotatable bonds is 5. The number of aryl methyl sites for hydroxylation is 1. The summed E-state index contributed by atoms with van der Waals surface area (Å²) in [5.41, 5.74) is 7.18. The van der Waals surface area contributed by atoms with E-state index in [1.165, 1.54) is 18.2 Å². The van der Waals surface area contributed by atoms with Crippen molar-refractivity contribution < 1.29 is 18.0 Å². The molecule has 0 bridgehead atoms. The van der Waals surface area contributed by atoms with Crippen LogP contribution in [0.5, 0.6) is 0 Å². The molecule has 0 radical (unpaired) electrons. The zero-order valence-corrected chi connectivity index (χ0v) is 14.0. The lowest BCUT2D eigenvalue weighted by molar-refractivity contribution is 0.0996. The van der Waals surface area contributed by atoms with E-state index in [-0.39, 0.29) is 11.1 Å². The van der Waals surface area contributed by atoms with Crippen LogP contribution in [-0.2, 0) is 10.0 Å². The quantitative estimate of drug-likeness (QED) is 0.763. The molecule has 0 saturated carbocycles. The average molecular weight is 347 g/mol. The monoisotopic (exact) mass is 347 g/mol. The third-order valence-corrected chi connectivity index (χ3v) is 3.79. The standard InChI is InChI=1S/C16H17N3O4S/c1-10-6-7-12(9-14(10)19-24(2,22)23)16(21)18-13-5-3-4-11(8-13)15(17)20/h3-9,19H,1-2H3,(H2,17,20)(H,18,21). The van der Waals surface area contributed by atoms with Gasteiger partial charge in [-0.2, -0.15) is 0 Å². The normalized spacial score (nSPS) is 10.9. The predicted molar refractivity (Wildman–Crippen MR) is 92.6 cm³/mol. The Balaban J connectivity index is 2.25. The summed E-state index contributed by atoms with van der Waals surface area (Å²) in [5, 5.41) is 2.64. The van der Waals surface area contributed by atoms with E-state index >= 15 is 0 Å². The van der Waals surface area contributed by atoms with Crippen LogP contribution in [0.25, 0.3) is 0 Å². The molecule has 2 aromatic carbocycles. The molecular formula is C16H17N3O4S. The minimum Gasteiger partial charge on any atom is -0.366 e. The summed E-state index contributed by atoms with van der Waals surface area (Å²) in [4.78, 5) is 23.5. The van der Waals surface area contributed by atoms with Crippen molar-refractivity contribution in [3.05, 3.63) is 59.2 Å². The summed E-state index contributed by atoms with van der Waals surface area (Å²) in [6.07, 6.45) is 1.04. The molecule has 2 amide bonds. The van der Waals surface area contributed by atoms with E-state index in [1.54, 1.807) is 31.2 Å². The second kappa shape index (κ2) is 6.71. The lowest BCUT2D eigenvalue weighted by Gasteiger charge is -2.11. The van der Waals surface area contributed by atoms with Gasteiger partial charge in [0.2, 0.25) is 15.9 Å². The van der Waals surface area contributed by atoms with Gasteiger partial charge in [0.1, 0.15) is 0 Å². The van der Waals surface area contributed by atoms with Gasteiger partial charge in [-0.05, 0) is 42.8 Å². The minimum absolute atomic E-state index is 0.274. The third kappa shape index (κ3) is 4.56. The molecule has 0 fully saturated rings. The fourth-order valence-corrected chi connectivity index (χ4v) is 2.65. The Morgan fingerprint density at radius 3 is 2.38 bits per heavy atom. The Labute approximate surface area is 139 Å². The van der Waals surface area contributed by atoms with Gasteiger partial charge in [-0.15, -0.1) is 0 Å². The fourth-order valence-electron chi connectivity index (χ4n) is 2.03. The maximum atomic E-state index is 12.3. The van der Waals surface area contributed by atoms with E-state index in [4.69, 9.17) is 5.73 Å². The number of primary amides is 1. The zero-order valence-electron chi connectivity index (χ0n) is 13.2. The summed E-state index contributed by atoms with van der Waals surface area (Å²) < 4.78 is 25.1. The Morgan fingerprint density at radius 1 is 1.04 bits per heavy atom. The number of carbonyl (C=O) groups excluding carboxylic acids is 2. The van der Waals surface area contributed by atoms with Crippen molar-refractivity contribution in [1.82, 2.24) is 0 Å². The molecule has 2 aromatic rings. The molecule has 0 saturated heterocycles. The van der Waals surface area contributed by atoms with Crippen LogP contribution in [0.3, 0.4) is 0 Å². The second-order valence-corrected chi connectivity index (χ2v) is 7.05. The van der Waals surface area contributed by atoms with Crippen LogP contribution in [0, 0.1) is 6.92 Å². The van der Waals surface area contributed by atoms with Gasteiger partial charge in [-0.1, -0.05) is 12.1 Å². The number of sulfonamides is 1. The van der Waals surface area contributed by atoms with Crippen molar-refractivity contribution in [3.8, 4) is 0 Å². The molecule has 0 spiro atoms. The highest BCUT2D eigenvalue weighted by Crippen LogP contribution is 2.19. The SMILES string of the molecule is Cc1ccc(C(=O)Nc2cccc(C(N)=O)c2)cc1NS(C)(=O)=O. The smallest absolute Gasteiger partial charge is 0.255 e. The molecule has 0 aromatic heterocycles. The molecular weight excluding hydrogens is 330 g/mol. The Kier molecular flexibility index (Phi) is 4.89. The predicted octanol–water partition coefficient (Wildman–Crippen LogP) is 1.72. The number of hydrogen-bond donors (Lipinski definition) is 3. The molecule has 0 atom stereocenters. The van der Waals surface area contributed by atoms with Crippen molar-refractivity contribution in [2.24, 2.45) is 5.73 Å². The first-order valence-corrected chi connectivity index (χ1v) is 8.84. The van der Waals surface area contributed by atoms with E-state index in [0.29, 0.717) is 16.9 Å². The molecule has 4 N–H and O–H groups in total. The first-order valence-electron chi connectivity index (χ1n) is 6.95. The van der Waals surface area contributed by atoms with Crippen LogP contribution < -0.4 is 15.8 Å². The third-order valence-electron chi connectivity index (χ3n) is 3.20. The van der Waals surface area contributed by atoms with Gasteiger partial charge in [-0.3, -0.25) is 14.3 Å². The average Bonchev–Trinajstić information content (AvgIpc) is 2.48. The van der Waals surface area contributed by atoms with Gasteiger partial charge >= 0.3 is 0 Å². The summed E-state index contributed by atoms with van der Waals surface area (Å²) in [7, 11) is -3.45. The Hall–Kier alpha value is -2.87. The molecule has 24 heavy (non-hydrogen) atoms. The second-order valence-electron chi connectivity index (χ2n) is 5.30. The molecule has 0 heterocycles. The number of amides is 2. The van der Waals surface area contributed by atoms with Crippen LogP contribution in [0.2, 0.25) is 0 Å². The fraction of sp³-hybridized carbons (Fsp3) is 0.125. The van der Waals surface area contributed by atoms with E-state index in [0.717, 1.165) is 6.26 Å². The van der Waals surface area contributed by atoms with Crippen molar-refractivity contribution in [3.63, 3.8) is 0 Å². The molecule has 0 aliphatic carbocycles. The molecule has 126 valence electrons. The van der Waals surface area contributed by atoms with Crippen molar-refractivity contribution in [1.29, 1.82) is 0 Å². The lowest BCUT2D eigenvalue weighted by Crippen LogP contribution is -2.15.